The fourth-order valence-electron chi connectivity index (χ4n) is 3.53. The molecule has 0 fully saturated rings. The van der Waals surface area contributed by atoms with E-state index >= 15 is 0 Å². The van der Waals surface area contributed by atoms with E-state index in [1.54, 1.807) is 6.92 Å². The molecule has 0 saturated carbocycles. The predicted molar refractivity (Wildman–Crippen MR) is 110 cm³/mol. The highest BCUT2D eigenvalue weighted by Crippen LogP contribution is 2.22. The number of hydrogen-bond acceptors (Lipinski definition) is 4. The van der Waals surface area contributed by atoms with Crippen LogP contribution in [0.1, 0.15) is 16.8 Å². The number of nitrogens with one attached hydrogen (secondary N) is 1. The van der Waals surface area contributed by atoms with Gasteiger partial charge in [-0.25, -0.2) is 4.98 Å². The molecule has 1 aliphatic heterocycles. The molecule has 1 amide bonds. The molecule has 0 saturated heterocycles. The highest BCUT2D eigenvalue weighted by molar-refractivity contribution is 5.90. The monoisotopic (exact) mass is 374 g/mol. The number of carbonyl (C=O) groups is 1. The van der Waals surface area contributed by atoms with Crippen molar-refractivity contribution in [2.45, 2.75) is 26.4 Å². The minimum Gasteiger partial charge on any atom is -0.337 e. The number of aromatic nitrogens is 2. The number of hydrogen-bond donors (Lipinski definition) is 1. The minimum atomic E-state index is -0.252. The summed E-state index contributed by atoms with van der Waals surface area (Å²) in [5, 5.41) is 2.83. The van der Waals surface area contributed by atoms with E-state index in [1.165, 1.54) is 21.8 Å². The summed E-state index contributed by atoms with van der Waals surface area (Å²) in [6.45, 7) is 3.16. The van der Waals surface area contributed by atoms with E-state index in [1.807, 2.05) is 42.5 Å². The van der Waals surface area contributed by atoms with E-state index in [2.05, 4.69) is 27.3 Å². The molecule has 142 valence electrons. The van der Waals surface area contributed by atoms with E-state index < -0.39 is 0 Å². The number of amides is 1. The predicted octanol–water partition coefficient (Wildman–Crippen LogP) is 2.75. The number of aryl methyl sites for hydroxylation is 1. The lowest BCUT2D eigenvalue weighted by Gasteiger charge is -2.31. The Hall–Kier alpha value is -3.41. The van der Waals surface area contributed by atoms with Crippen molar-refractivity contribution >= 4 is 17.5 Å². The third-order valence-electron chi connectivity index (χ3n) is 4.89. The number of anilines is 2. The van der Waals surface area contributed by atoms with Gasteiger partial charge in [0.2, 0.25) is 11.9 Å². The number of nitrogens with zero attached hydrogens (tertiary/aromatic N) is 3. The first-order chi connectivity index (χ1) is 13.6. The summed E-state index contributed by atoms with van der Waals surface area (Å²) < 4.78 is 1.46. The van der Waals surface area contributed by atoms with Gasteiger partial charge in [-0.2, -0.15) is 0 Å². The van der Waals surface area contributed by atoms with Gasteiger partial charge in [-0.1, -0.05) is 42.5 Å². The van der Waals surface area contributed by atoms with Gasteiger partial charge in [-0.3, -0.25) is 14.2 Å². The zero-order chi connectivity index (χ0) is 19.5. The maximum absolute atomic E-state index is 12.7. The Morgan fingerprint density at radius 2 is 1.79 bits per heavy atom. The van der Waals surface area contributed by atoms with Crippen molar-refractivity contribution in [2.75, 3.05) is 16.8 Å². The van der Waals surface area contributed by atoms with E-state index in [-0.39, 0.29) is 18.0 Å². The lowest BCUT2D eigenvalue weighted by atomic mass is 10.0. The Labute approximate surface area is 163 Å². The summed E-state index contributed by atoms with van der Waals surface area (Å²) in [5.74, 6) is 0.292. The van der Waals surface area contributed by atoms with Gasteiger partial charge in [0, 0.05) is 30.5 Å². The van der Waals surface area contributed by atoms with E-state index in [9.17, 15) is 9.59 Å². The van der Waals surface area contributed by atoms with Crippen molar-refractivity contribution in [3.63, 3.8) is 0 Å². The molecule has 0 spiro atoms. The number of rotatable bonds is 4. The summed E-state index contributed by atoms with van der Waals surface area (Å²) in [5.41, 5.74) is 3.68. The zero-order valence-corrected chi connectivity index (χ0v) is 15.8. The first-order valence-corrected chi connectivity index (χ1v) is 9.35. The van der Waals surface area contributed by atoms with Gasteiger partial charge in [0.25, 0.3) is 5.56 Å². The van der Waals surface area contributed by atoms with Crippen LogP contribution in [0.5, 0.6) is 0 Å². The molecule has 4 rings (SSSR count). The Kier molecular flexibility index (Phi) is 4.93. The first-order valence-electron chi connectivity index (χ1n) is 9.35. The van der Waals surface area contributed by atoms with Crippen molar-refractivity contribution in [3.05, 3.63) is 87.8 Å². The van der Waals surface area contributed by atoms with Gasteiger partial charge >= 0.3 is 0 Å². The Morgan fingerprint density at radius 1 is 1.07 bits per heavy atom. The second-order valence-electron chi connectivity index (χ2n) is 6.98. The van der Waals surface area contributed by atoms with Gasteiger partial charge in [0.05, 0.1) is 0 Å². The number of benzene rings is 2. The smallest absolute Gasteiger partial charge is 0.255 e. The van der Waals surface area contributed by atoms with Crippen LogP contribution in [0.25, 0.3) is 0 Å². The molecule has 0 bridgehead atoms. The molecule has 0 radical (unpaired) electrons. The molecule has 2 heterocycles. The lowest BCUT2D eigenvalue weighted by Crippen LogP contribution is -2.38. The fourth-order valence-corrected chi connectivity index (χ4v) is 3.53. The molecule has 0 aliphatic carbocycles. The molecule has 0 atom stereocenters. The van der Waals surface area contributed by atoms with Gasteiger partial charge in [-0.05, 0) is 36.6 Å². The van der Waals surface area contributed by atoms with Crippen molar-refractivity contribution in [2.24, 2.45) is 0 Å². The first kappa shape index (κ1) is 18.0. The summed E-state index contributed by atoms with van der Waals surface area (Å²) >= 11 is 0. The van der Waals surface area contributed by atoms with Crippen molar-refractivity contribution in [3.8, 4) is 0 Å². The normalized spacial score (nSPS) is 13.1. The maximum Gasteiger partial charge on any atom is 0.255 e. The highest BCUT2D eigenvalue weighted by atomic mass is 16.2. The van der Waals surface area contributed by atoms with Crippen molar-refractivity contribution < 1.29 is 4.79 Å². The molecule has 3 aromatic rings. The van der Waals surface area contributed by atoms with Crippen LogP contribution in [0.15, 0.2) is 65.5 Å². The van der Waals surface area contributed by atoms with Crippen LogP contribution < -0.4 is 15.8 Å². The number of fused-ring (bicyclic) bond motifs is 1. The average molecular weight is 374 g/mol. The third kappa shape index (κ3) is 3.81. The Balaban J connectivity index is 1.61. The van der Waals surface area contributed by atoms with E-state index in [0.29, 0.717) is 23.9 Å². The molecule has 1 aliphatic rings. The van der Waals surface area contributed by atoms with Crippen molar-refractivity contribution in [1.29, 1.82) is 0 Å². The summed E-state index contributed by atoms with van der Waals surface area (Å²) in [7, 11) is 0. The van der Waals surface area contributed by atoms with Crippen LogP contribution in [0.4, 0.5) is 11.6 Å². The molecule has 28 heavy (non-hydrogen) atoms. The highest BCUT2D eigenvalue weighted by Gasteiger charge is 2.21. The van der Waals surface area contributed by atoms with Crippen molar-refractivity contribution in [1.82, 2.24) is 9.55 Å². The summed E-state index contributed by atoms with van der Waals surface area (Å²) in [4.78, 5) is 31.9. The number of carbonyl (C=O) groups excluding carboxylic acids is 1. The molecule has 2 aromatic carbocycles. The van der Waals surface area contributed by atoms with Crippen LogP contribution in [0.2, 0.25) is 0 Å². The van der Waals surface area contributed by atoms with Crippen LogP contribution in [-0.4, -0.2) is 22.0 Å². The van der Waals surface area contributed by atoms with E-state index in [4.69, 9.17) is 0 Å². The molecular weight excluding hydrogens is 352 g/mol. The Morgan fingerprint density at radius 3 is 2.57 bits per heavy atom. The number of para-hydroxylation sites is 1. The van der Waals surface area contributed by atoms with Gasteiger partial charge in [0.15, 0.2) is 0 Å². The second-order valence-corrected chi connectivity index (χ2v) is 6.98. The fraction of sp³-hybridized carbons (Fsp3) is 0.227. The molecular formula is C22H22N4O2. The van der Waals surface area contributed by atoms with Crippen LogP contribution >= 0.6 is 0 Å². The maximum atomic E-state index is 12.7. The largest absolute Gasteiger partial charge is 0.337 e. The zero-order valence-electron chi connectivity index (χ0n) is 15.8. The molecule has 0 unspecified atom stereocenters. The molecule has 1 aromatic heterocycles. The van der Waals surface area contributed by atoms with E-state index in [0.717, 1.165) is 13.0 Å². The molecule has 1 N–H and O–H groups in total. The lowest BCUT2D eigenvalue weighted by molar-refractivity contribution is -0.116. The van der Waals surface area contributed by atoms with Gasteiger partial charge in [-0.15, -0.1) is 0 Å². The summed E-state index contributed by atoms with van der Waals surface area (Å²) in [6, 6.07) is 19.0. The Bertz CT molecular complexity index is 1060. The standard InChI is InChI=1S/C22H22N4O2/c1-16-13-21(28)26(15-20(27)24-19-9-3-2-4-10-19)22(23-16)25-12-11-17-7-5-6-8-18(17)14-25/h2-10,13H,11-12,14-15H2,1H3,(H,24,27). The third-order valence-corrected chi connectivity index (χ3v) is 4.89. The molecule has 6 nitrogen and oxygen atoms in total. The van der Waals surface area contributed by atoms with Crippen LogP contribution in [0.3, 0.4) is 0 Å². The summed E-state index contributed by atoms with van der Waals surface area (Å²) in [6.07, 6.45) is 0.885. The topological polar surface area (TPSA) is 67.2 Å². The minimum absolute atomic E-state index is 0.0749. The second kappa shape index (κ2) is 7.68. The average Bonchev–Trinajstić information content (AvgIpc) is 2.70. The quantitative estimate of drug-likeness (QED) is 0.763. The van der Waals surface area contributed by atoms with Crippen LogP contribution in [-0.2, 0) is 24.3 Å². The SMILES string of the molecule is Cc1cc(=O)n(CC(=O)Nc2ccccc2)c(N2CCc3ccccc3C2)n1. The van der Waals surface area contributed by atoms with Gasteiger partial charge in [0.1, 0.15) is 6.54 Å². The molecule has 6 heteroatoms. The van der Waals surface area contributed by atoms with Crippen LogP contribution in [0, 0.1) is 6.92 Å². The van der Waals surface area contributed by atoms with Gasteiger partial charge < -0.3 is 10.2 Å².